The fourth-order valence-corrected chi connectivity index (χ4v) is 0.883. The highest BCUT2D eigenvalue weighted by Gasteiger charge is 2.11. The Labute approximate surface area is 63.4 Å². The lowest BCUT2D eigenvalue weighted by Crippen LogP contribution is -2.58. The lowest BCUT2D eigenvalue weighted by molar-refractivity contribution is -0.415. The molecule has 0 saturated heterocycles. The molecule has 0 aliphatic rings. The third kappa shape index (κ3) is 7.92. The molecular weight excluding hydrogens is 126 g/mol. The van der Waals surface area contributed by atoms with Gasteiger partial charge >= 0.3 is 0 Å². The highest BCUT2D eigenvalue weighted by molar-refractivity contribution is 4.64. The molecule has 10 heavy (non-hydrogen) atoms. The molecule has 62 valence electrons. The van der Waals surface area contributed by atoms with E-state index in [-0.39, 0.29) is 0 Å². The largest absolute Gasteiger partial charge is 0.390 e. The summed E-state index contributed by atoms with van der Waals surface area (Å²) in [6, 6.07) is 0.516. The Morgan fingerprint density at radius 1 is 1.50 bits per heavy atom. The quantitative estimate of drug-likeness (QED) is 0.598. The normalized spacial score (nSPS) is 15.3. The summed E-state index contributed by atoms with van der Waals surface area (Å²) in [5.74, 6) is 0. The number of hydrogen-bond donors (Lipinski definition) is 2. The summed E-state index contributed by atoms with van der Waals surface area (Å²) in [6.07, 6.45) is 3.07. The maximum atomic E-state index is 9.31. The van der Waals surface area contributed by atoms with Crippen LogP contribution in [0.15, 0.2) is 0 Å². The van der Waals surface area contributed by atoms with Crippen LogP contribution in [0.3, 0.4) is 0 Å². The maximum absolute atomic E-state index is 9.31. The smallest absolute Gasteiger partial charge is 0.0815 e. The van der Waals surface area contributed by atoms with Crippen LogP contribution in [0.25, 0.3) is 0 Å². The average molecular weight is 146 g/mol. The minimum absolute atomic E-state index is 0.491. The van der Waals surface area contributed by atoms with Gasteiger partial charge in [0.05, 0.1) is 11.6 Å². The van der Waals surface area contributed by atoms with Gasteiger partial charge in [-0.05, 0) is 40.0 Å². The number of rotatable bonds is 4. The van der Waals surface area contributed by atoms with Crippen LogP contribution < -0.4 is 5.73 Å². The van der Waals surface area contributed by atoms with Gasteiger partial charge in [-0.2, -0.15) is 0 Å². The molecule has 0 unspecified atom stereocenters. The summed E-state index contributed by atoms with van der Waals surface area (Å²) >= 11 is 0. The summed E-state index contributed by atoms with van der Waals surface area (Å²) in [4.78, 5) is 0. The van der Waals surface area contributed by atoms with Crippen LogP contribution in [0.5, 0.6) is 0 Å². The van der Waals surface area contributed by atoms with Gasteiger partial charge in [0.2, 0.25) is 0 Å². The first-order valence-electron chi connectivity index (χ1n) is 3.97. The van der Waals surface area contributed by atoms with E-state index in [4.69, 9.17) is 0 Å². The first kappa shape index (κ1) is 9.92. The highest BCUT2D eigenvalue weighted by Crippen LogP contribution is 2.11. The Morgan fingerprint density at radius 3 is 2.30 bits per heavy atom. The van der Waals surface area contributed by atoms with E-state index in [0.717, 1.165) is 19.3 Å². The molecule has 0 aliphatic heterocycles. The predicted octanol–water partition coefficient (Wildman–Crippen LogP) is 0.558. The van der Waals surface area contributed by atoms with Crippen molar-refractivity contribution < 1.29 is 10.8 Å². The summed E-state index contributed by atoms with van der Waals surface area (Å²) in [5, 5.41) is 9.31. The Balaban J connectivity index is 3.21. The predicted molar refractivity (Wildman–Crippen MR) is 42.5 cm³/mol. The molecule has 0 aromatic heterocycles. The monoisotopic (exact) mass is 146 g/mol. The van der Waals surface area contributed by atoms with Gasteiger partial charge < -0.3 is 10.8 Å². The Morgan fingerprint density at radius 2 is 2.00 bits per heavy atom. The van der Waals surface area contributed by atoms with Crippen molar-refractivity contribution >= 4 is 0 Å². The SMILES string of the molecule is C[C@H]([NH3+])CCCC(C)(C)O. The van der Waals surface area contributed by atoms with Crippen molar-refractivity contribution in [2.45, 2.75) is 51.7 Å². The molecule has 0 aliphatic carbocycles. The molecule has 0 aromatic carbocycles. The molecule has 0 saturated carbocycles. The second-order valence-electron chi connectivity index (χ2n) is 3.81. The molecule has 2 nitrogen and oxygen atoms in total. The van der Waals surface area contributed by atoms with Crippen LogP contribution >= 0.6 is 0 Å². The van der Waals surface area contributed by atoms with E-state index in [1.807, 2.05) is 13.8 Å². The molecule has 0 spiro atoms. The molecule has 0 heterocycles. The average Bonchev–Trinajstić information content (AvgIpc) is 1.59. The van der Waals surface area contributed by atoms with Crippen LogP contribution in [0, 0.1) is 0 Å². The van der Waals surface area contributed by atoms with Gasteiger partial charge in [0.1, 0.15) is 0 Å². The van der Waals surface area contributed by atoms with Gasteiger partial charge in [-0.3, -0.25) is 0 Å². The third-order valence-corrected chi connectivity index (χ3v) is 1.49. The van der Waals surface area contributed by atoms with Crippen LogP contribution in [-0.4, -0.2) is 16.7 Å². The van der Waals surface area contributed by atoms with Gasteiger partial charge in [-0.15, -0.1) is 0 Å². The molecule has 0 radical (unpaired) electrons. The molecule has 0 amide bonds. The molecule has 4 N–H and O–H groups in total. The summed E-state index contributed by atoms with van der Waals surface area (Å²) in [6.45, 7) is 5.80. The first-order chi connectivity index (χ1) is 4.42. The van der Waals surface area contributed by atoms with Gasteiger partial charge in [0.15, 0.2) is 0 Å². The van der Waals surface area contributed by atoms with E-state index < -0.39 is 5.60 Å². The minimum atomic E-state index is -0.491. The van der Waals surface area contributed by atoms with Crippen molar-refractivity contribution in [2.75, 3.05) is 0 Å². The van der Waals surface area contributed by atoms with E-state index in [1.165, 1.54) is 0 Å². The first-order valence-corrected chi connectivity index (χ1v) is 3.97. The fourth-order valence-electron chi connectivity index (χ4n) is 0.883. The fraction of sp³-hybridized carbons (Fsp3) is 1.00. The number of quaternary nitrogens is 1. The standard InChI is InChI=1S/C8H19NO/c1-7(9)5-4-6-8(2,3)10/h7,10H,4-6,9H2,1-3H3/p+1/t7-/m0/s1. The number of aliphatic hydroxyl groups is 1. The van der Waals surface area contributed by atoms with Crippen molar-refractivity contribution in [1.82, 2.24) is 0 Å². The zero-order valence-corrected chi connectivity index (χ0v) is 7.35. The second-order valence-corrected chi connectivity index (χ2v) is 3.81. The van der Waals surface area contributed by atoms with Gasteiger partial charge in [0.25, 0.3) is 0 Å². The number of hydrogen-bond acceptors (Lipinski definition) is 1. The lowest BCUT2D eigenvalue weighted by Gasteiger charge is -2.16. The van der Waals surface area contributed by atoms with Crippen LogP contribution in [0.1, 0.15) is 40.0 Å². The summed E-state index contributed by atoms with van der Waals surface area (Å²) in [5.41, 5.74) is 3.39. The van der Waals surface area contributed by atoms with Crippen molar-refractivity contribution in [2.24, 2.45) is 0 Å². The third-order valence-electron chi connectivity index (χ3n) is 1.49. The molecular formula is C8H20NO+. The van der Waals surface area contributed by atoms with E-state index in [1.54, 1.807) is 0 Å². The van der Waals surface area contributed by atoms with Crippen molar-refractivity contribution in [3.05, 3.63) is 0 Å². The van der Waals surface area contributed by atoms with Gasteiger partial charge in [-0.25, -0.2) is 0 Å². The van der Waals surface area contributed by atoms with E-state index in [2.05, 4.69) is 12.7 Å². The Bertz CT molecular complexity index is 83.7. The summed E-state index contributed by atoms with van der Waals surface area (Å²) < 4.78 is 0. The Hall–Kier alpha value is -0.0800. The summed E-state index contributed by atoms with van der Waals surface area (Å²) in [7, 11) is 0. The maximum Gasteiger partial charge on any atom is 0.0815 e. The van der Waals surface area contributed by atoms with E-state index in [0.29, 0.717) is 6.04 Å². The second kappa shape index (κ2) is 3.94. The van der Waals surface area contributed by atoms with Gasteiger partial charge in [0, 0.05) is 0 Å². The highest BCUT2D eigenvalue weighted by atomic mass is 16.3. The Kier molecular flexibility index (Phi) is 3.91. The van der Waals surface area contributed by atoms with Crippen molar-refractivity contribution in [1.29, 1.82) is 0 Å². The minimum Gasteiger partial charge on any atom is -0.390 e. The van der Waals surface area contributed by atoms with Crippen molar-refractivity contribution in [3.63, 3.8) is 0 Å². The molecule has 1 atom stereocenters. The molecule has 0 aromatic rings. The van der Waals surface area contributed by atoms with Crippen LogP contribution in [-0.2, 0) is 0 Å². The van der Waals surface area contributed by atoms with Crippen LogP contribution in [0.2, 0.25) is 0 Å². The van der Waals surface area contributed by atoms with Crippen LogP contribution in [0.4, 0.5) is 0 Å². The zero-order valence-electron chi connectivity index (χ0n) is 7.35. The van der Waals surface area contributed by atoms with E-state index >= 15 is 0 Å². The molecule has 2 heteroatoms. The molecule has 0 fully saturated rings. The zero-order chi connectivity index (χ0) is 8.20. The molecule has 0 bridgehead atoms. The topological polar surface area (TPSA) is 47.9 Å². The van der Waals surface area contributed by atoms with Gasteiger partial charge in [-0.1, -0.05) is 0 Å². The molecule has 0 rings (SSSR count). The lowest BCUT2D eigenvalue weighted by atomic mass is 10.0. The van der Waals surface area contributed by atoms with Crippen molar-refractivity contribution in [3.8, 4) is 0 Å². The van der Waals surface area contributed by atoms with E-state index in [9.17, 15) is 5.11 Å².